The van der Waals surface area contributed by atoms with Crippen LogP contribution < -0.4 is 5.56 Å². The molecule has 0 N–H and O–H groups in total. The van der Waals surface area contributed by atoms with E-state index in [1.165, 1.54) is 38.4 Å². The second-order valence-electron chi connectivity index (χ2n) is 8.65. The van der Waals surface area contributed by atoms with Crippen LogP contribution in [0.1, 0.15) is 16.8 Å². The molecule has 0 aliphatic carbocycles. The summed E-state index contributed by atoms with van der Waals surface area (Å²) in [7, 11) is -3.56. The highest BCUT2D eigenvalue weighted by molar-refractivity contribution is 7.89. The van der Waals surface area contributed by atoms with E-state index in [0.717, 1.165) is 11.1 Å². The first kappa shape index (κ1) is 23.7. The van der Waals surface area contributed by atoms with Crippen molar-refractivity contribution < 1.29 is 12.8 Å². The fraction of sp³-hybridized carbons (Fsp3) is 0.292. The van der Waals surface area contributed by atoms with E-state index in [1.807, 2.05) is 26.0 Å². The second kappa shape index (κ2) is 9.23. The minimum Gasteiger partial charge on any atom is -0.295 e. The van der Waals surface area contributed by atoms with Crippen LogP contribution in [0.5, 0.6) is 0 Å². The van der Waals surface area contributed by atoms with Crippen molar-refractivity contribution in [3.63, 3.8) is 0 Å². The normalized spacial score (nSPS) is 15.6. The van der Waals surface area contributed by atoms with Gasteiger partial charge in [0.05, 0.1) is 10.6 Å². The number of aryl methyl sites for hydroxylation is 2. The average Bonchev–Trinajstić information content (AvgIpc) is 3.24. The summed E-state index contributed by atoms with van der Waals surface area (Å²) in [5, 5.41) is 4.81. The maximum Gasteiger partial charge on any atom is 0.275 e. The molecule has 0 atom stereocenters. The summed E-state index contributed by atoms with van der Waals surface area (Å²) in [5.41, 5.74) is 2.64. The molecule has 2 aromatic carbocycles. The molecule has 5 rings (SSSR count). The second-order valence-corrected chi connectivity index (χ2v) is 11.5. The molecule has 0 bridgehead atoms. The number of hydrogen-bond donors (Lipinski definition) is 0. The Morgan fingerprint density at radius 1 is 1.03 bits per heavy atom. The van der Waals surface area contributed by atoms with E-state index < -0.39 is 10.0 Å². The first-order valence-electron chi connectivity index (χ1n) is 11.2. The number of benzene rings is 2. The van der Waals surface area contributed by atoms with Crippen LogP contribution >= 0.6 is 11.3 Å². The number of fused-ring (bicyclic) bond motifs is 1. The van der Waals surface area contributed by atoms with Gasteiger partial charge in [-0.2, -0.15) is 13.9 Å². The molecule has 3 heterocycles. The van der Waals surface area contributed by atoms with Gasteiger partial charge in [0.2, 0.25) is 15.0 Å². The van der Waals surface area contributed by atoms with Crippen LogP contribution in [0.15, 0.2) is 58.2 Å². The van der Waals surface area contributed by atoms with Gasteiger partial charge in [-0.05, 0) is 37.6 Å². The molecule has 0 spiro atoms. The Kier molecular flexibility index (Phi) is 6.26. The van der Waals surface area contributed by atoms with Crippen LogP contribution in [-0.4, -0.2) is 58.4 Å². The first-order chi connectivity index (χ1) is 16.7. The third-order valence-corrected chi connectivity index (χ3v) is 9.05. The van der Waals surface area contributed by atoms with Crippen LogP contribution in [0.25, 0.3) is 15.5 Å². The number of piperazine rings is 1. The summed E-state index contributed by atoms with van der Waals surface area (Å²) >= 11 is 1.22. The molecule has 1 fully saturated rings. The van der Waals surface area contributed by atoms with Gasteiger partial charge < -0.3 is 0 Å². The first-order valence-corrected chi connectivity index (χ1v) is 13.4. The van der Waals surface area contributed by atoms with Crippen molar-refractivity contribution in [3.8, 4) is 10.6 Å². The number of rotatable bonds is 5. The Morgan fingerprint density at radius 2 is 1.80 bits per heavy atom. The van der Waals surface area contributed by atoms with Gasteiger partial charge in [0.15, 0.2) is 0 Å². The van der Waals surface area contributed by atoms with Crippen molar-refractivity contribution in [3.05, 3.63) is 81.5 Å². The lowest BCUT2D eigenvalue weighted by Gasteiger charge is -2.34. The van der Waals surface area contributed by atoms with Crippen LogP contribution in [0, 0.1) is 19.7 Å². The predicted molar refractivity (Wildman–Crippen MR) is 132 cm³/mol. The number of sulfonamides is 1. The van der Waals surface area contributed by atoms with Crippen molar-refractivity contribution in [1.82, 2.24) is 23.8 Å². The Morgan fingerprint density at radius 3 is 2.51 bits per heavy atom. The van der Waals surface area contributed by atoms with Crippen molar-refractivity contribution in [2.75, 3.05) is 26.2 Å². The van der Waals surface area contributed by atoms with E-state index in [0.29, 0.717) is 58.8 Å². The molecule has 4 aromatic rings. The van der Waals surface area contributed by atoms with E-state index in [-0.39, 0.29) is 11.4 Å². The lowest BCUT2D eigenvalue weighted by atomic mass is 10.2. The molecule has 1 aliphatic heterocycles. The highest BCUT2D eigenvalue weighted by Gasteiger charge is 2.29. The van der Waals surface area contributed by atoms with E-state index in [9.17, 15) is 17.6 Å². The van der Waals surface area contributed by atoms with Gasteiger partial charge in [0.1, 0.15) is 10.8 Å². The molecule has 0 amide bonds. The molecule has 11 heteroatoms. The van der Waals surface area contributed by atoms with Crippen molar-refractivity contribution in [2.24, 2.45) is 0 Å². The third-order valence-electron chi connectivity index (χ3n) is 6.03. The van der Waals surface area contributed by atoms with Crippen molar-refractivity contribution in [1.29, 1.82) is 0 Å². The maximum absolute atomic E-state index is 13.6. The summed E-state index contributed by atoms with van der Waals surface area (Å²) in [6.45, 7) is 5.97. The molecule has 8 nitrogen and oxygen atoms in total. The predicted octanol–water partition coefficient (Wildman–Crippen LogP) is 3.08. The monoisotopic (exact) mass is 513 g/mol. The number of aromatic nitrogens is 3. The summed E-state index contributed by atoms with van der Waals surface area (Å²) in [6, 6.07) is 12.9. The van der Waals surface area contributed by atoms with Gasteiger partial charge in [0.25, 0.3) is 5.56 Å². The SMILES string of the molecule is Cc1ccc(S(=O)(=O)N2CCN(Cc3cc(=O)n4nc(-c5cccc(F)c5)sc4n3)CC2)c(C)c1. The summed E-state index contributed by atoms with van der Waals surface area (Å²) < 4.78 is 42.6. The Balaban J connectivity index is 1.30. The van der Waals surface area contributed by atoms with Crippen LogP contribution in [0.2, 0.25) is 0 Å². The van der Waals surface area contributed by atoms with Gasteiger partial charge in [-0.1, -0.05) is 41.2 Å². The standard InChI is InChI=1S/C24H24FN5O3S2/c1-16-6-7-21(17(2)12-16)35(32,33)29-10-8-28(9-11-29)15-20-14-22(31)30-24(26-20)34-23(27-30)18-4-3-5-19(25)13-18/h3-7,12-14H,8-11,15H2,1-2H3. The molecular weight excluding hydrogens is 489 g/mol. The maximum atomic E-state index is 13.6. The molecule has 2 aromatic heterocycles. The van der Waals surface area contributed by atoms with Crippen LogP contribution in [0.4, 0.5) is 4.39 Å². The molecule has 0 unspecified atom stereocenters. The van der Waals surface area contributed by atoms with Crippen molar-refractivity contribution >= 4 is 26.3 Å². The lowest BCUT2D eigenvalue weighted by molar-refractivity contribution is 0.180. The third kappa shape index (κ3) is 4.76. The van der Waals surface area contributed by atoms with Gasteiger partial charge in [0, 0.05) is 44.4 Å². The van der Waals surface area contributed by atoms with E-state index in [1.54, 1.807) is 18.2 Å². The highest BCUT2D eigenvalue weighted by atomic mass is 32.2. The fourth-order valence-corrected chi connectivity index (χ4v) is 6.81. The molecule has 1 aliphatic rings. The molecule has 1 saturated heterocycles. The zero-order valence-corrected chi connectivity index (χ0v) is 20.9. The number of halogens is 1. The quantitative estimate of drug-likeness (QED) is 0.408. The fourth-order valence-electron chi connectivity index (χ4n) is 4.26. The average molecular weight is 514 g/mol. The zero-order chi connectivity index (χ0) is 24.7. The van der Waals surface area contributed by atoms with Gasteiger partial charge in [-0.25, -0.2) is 17.8 Å². The number of nitrogens with zero attached hydrogens (tertiary/aromatic N) is 5. The molecule has 182 valence electrons. The van der Waals surface area contributed by atoms with Crippen molar-refractivity contribution in [2.45, 2.75) is 25.3 Å². The summed E-state index contributed by atoms with van der Waals surface area (Å²) in [6.07, 6.45) is 0. The Labute approximate surface area is 206 Å². The van der Waals surface area contributed by atoms with Gasteiger partial charge >= 0.3 is 0 Å². The largest absolute Gasteiger partial charge is 0.295 e. The minimum atomic E-state index is -3.56. The van der Waals surface area contributed by atoms with Crippen LogP contribution in [0.3, 0.4) is 0 Å². The Bertz CT molecular complexity index is 1570. The molecular formula is C24H24FN5O3S2. The smallest absolute Gasteiger partial charge is 0.275 e. The van der Waals surface area contributed by atoms with Gasteiger partial charge in [-0.3, -0.25) is 9.69 Å². The molecule has 35 heavy (non-hydrogen) atoms. The van der Waals surface area contributed by atoms with Gasteiger partial charge in [-0.15, -0.1) is 0 Å². The zero-order valence-electron chi connectivity index (χ0n) is 19.3. The highest BCUT2D eigenvalue weighted by Crippen LogP contribution is 2.25. The number of hydrogen-bond acceptors (Lipinski definition) is 7. The summed E-state index contributed by atoms with van der Waals surface area (Å²) in [5.74, 6) is -0.374. The lowest BCUT2D eigenvalue weighted by Crippen LogP contribution is -2.48. The Hall–Kier alpha value is -2.99. The van der Waals surface area contributed by atoms with E-state index >= 15 is 0 Å². The topological polar surface area (TPSA) is 87.9 Å². The minimum absolute atomic E-state index is 0.306. The van der Waals surface area contributed by atoms with Crippen LogP contribution in [-0.2, 0) is 16.6 Å². The molecule has 0 radical (unpaired) electrons. The summed E-state index contributed by atoms with van der Waals surface area (Å²) in [4.78, 5) is 20.1. The van der Waals surface area contributed by atoms with E-state index in [4.69, 9.17) is 0 Å². The van der Waals surface area contributed by atoms with E-state index in [2.05, 4.69) is 15.0 Å². The molecule has 0 saturated carbocycles.